The molecule has 5 heteroatoms. The van der Waals surface area contributed by atoms with Gasteiger partial charge >= 0.3 is 0 Å². The standard InChI is InChI=1S/C6H9N5/c7-3-6(4-9-11-8)10-5-1-2-5/h5-6,10H,1-2,4H2. The van der Waals surface area contributed by atoms with Crippen molar-refractivity contribution in [2.75, 3.05) is 6.54 Å². The molecule has 11 heavy (non-hydrogen) atoms. The molecule has 0 bridgehead atoms. The van der Waals surface area contributed by atoms with Gasteiger partial charge in [0.15, 0.2) is 0 Å². The Morgan fingerprint density at radius 2 is 2.55 bits per heavy atom. The zero-order valence-corrected chi connectivity index (χ0v) is 6.06. The van der Waals surface area contributed by atoms with Crippen molar-refractivity contribution < 1.29 is 0 Å². The highest BCUT2D eigenvalue weighted by Crippen LogP contribution is 2.19. The molecule has 0 spiro atoms. The largest absolute Gasteiger partial charge is 0.299 e. The van der Waals surface area contributed by atoms with Gasteiger partial charge in [-0.25, -0.2) is 0 Å². The Labute approximate surface area is 64.6 Å². The van der Waals surface area contributed by atoms with Gasteiger partial charge in [0.2, 0.25) is 0 Å². The lowest BCUT2D eigenvalue weighted by Crippen LogP contribution is -2.31. The maximum atomic E-state index is 8.53. The van der Waals surface area contributed by atoms with Crippen LogP contribution in [0.3, 0.4) is 0 Å². The molecule has 0 aromatic heterocycles. The molecule has 0 aromatic carbocycles. The molecule has 0 radical (unpaired) electrons. The quantitative estimate of drug-likeness (QED) is 0.368. The average molecular weight is 151 g/mol. The van der Waals surface area contributed by atoms with E-state index in [0.29, 0.717) is 6.04 Å². The fourth-order valence-corrected chi connectivity index (χ4v) is 0.783. The first-order valence-corrected chi connectivity index (χ1v) is 3.53. The molecule has 0 aliphatic heterocycles. The minimum absolute atomic E-state index is 0.226. The van der Waals surface area contributed by atoms with Crippen molar-refractivity contribution in [3.05, 3.63) is 10.4 Å². The first kappa shape index (κ1) is 7.86. The number of hydrogen-bond donors (Lipinski definition) is 1. The number of nitriles is 1. The lowest BCUT2D eigenvalue weighted by Gasteiger charge is -2.05. The Morgan fingerprint density at radius 3 is 3.00 bits per heavy atom. The number of azide groups is 1. The van der Waals surface area contributed by atoms with Crippen LogP contribution in [0.1, 0.15) is 12.8 Å². The fourth-order valence-electron chi connectivity index (χ4n) is 0.783. The van der Waals surface area contributed by atoms with Crippen LogP contribution in [0.4, 0.5) is 0 Å². The SMILES string of the molecule is N#CC(CN=[N+]=[N-])NC1CC1. The molecule has 1 N–H and O–H groups in total. The topological polar surface area (TPSA) is 84.6 Å². The second kappa shape index (κ2) is 3.81. The predicted molar refractivity (Wildman–Crippen MR) is 39.6 cm³/mol. The molecule has 0 heterocycles. The fraction of sp³-hybridized carbons (Fsp3) is 0.833. The third kappa shape index (κ3) is 2.89. The van der Waals surface area contributed by atoms with Crippen LogP contribution in [0, 0.1) is 11.3 Å². The smallest absolute Gasteiger partial charge is 0.101 e. The Morgan fingerprint density at radius 1 is 1.82 bits per heavy atom. The molecular weight excluding hydrogens is 142 g/mol. The molecule has 58 valence electrons. The van der Waals surface area contributed by atoms with E-state index >= 15 is 0 Å². The number of nitrogens with one attached hydrogen (secondary N) is 1. The van der Waals surface area contributed by atoms with Crippen LogP contribution in [0.2, 0.25) is 0 Å². The minimum Gasteiger partial charge on any atom is -0.299 e. The highest BCUT2D eigenvalue weighted by Gasteiger charge is 2.23. The van der Waals surface area contributed by atoms with Gasteiger partial charge in [-0.3, -0.25) is 5.32 Å². The molecular formula is C6H9N5. The summed E-state index contributed by atoms with van der Waals surface area (Å²) in [4.78, 5) is 2.59. The van der Waals surface area contributed by atoms with Gasteiger partial charge in [-0.15, -0.1) is 0 Å². The molecule has 0 saturated heterocycles. The predicted octanol–water partition coefficient (Wildman–Crippen LogP) is 0.941. The van der Waals surface area contributed by atoms with Crippen molar-refractivity contribution >= 4 is 0 Å². The molecule has 1 fully saturated rings. The van der Waals surface area contributed by atoms with Crippen LogP contribution < -0.4 is 5.32 Å². The Hall–Kier alpha value is -1.24. The molecule has 1 unspecified atom stereocenters. The molecule has 1 aliphatic carbocycles. The van der Waals surface area contributed by atoms with Gasteiger partial charge in [-0.2, -0.15) is 5.26 Å². The van der Waals surface area contributed by atoms with E-state index in [1.54, 1.807) is 0 Å². The van der Waals surface area contributed by atoms with E-state index < -0.39 is 0 Å². The van der Waals surface area contributed by atoms with E-state index in [1.807, 2.05) is 6.07 Å². The molecule has 1 saturated carbocycles. The zero-order chi connectivity index (χ0) is 8.10. The van der Waals surface area contributed by atoms with E-state index in [2.05, 4.69) is 15.3 Å². The van der Waals surface area contributed by atoms with Crippen LogP contribution in [0.25, 0.3) is 10.4 Å². The van der Waals surface area contributed by atoms with Gasteiger partial charge in [-0.05, 0) is 18.4 Å². The summed E-state index contributed by atoms with van der Waals surface area (Å²) >= 11 is 0. The molecule has 1 atom stereocenters. The van der Waals surface area contributed by atoms with Crippen molar-refractivity contribution in [1.29, 1.82) is 5.26 Å². The summed E-state index contributed by atoms with van der Waals surface area (Å²) in [5.74, 6) is 0. The van der Waals surface area contributed by atoms with Gasteiger partial charge in [0, 0.05) is 11.0 Å². The van der Waals surface area contributed by atoms with Gasteiger partial charge < -0.3 is 0 Å². The van der Waals surface area contributed by atoms with Gasteiger partial charge in [0.25, 0.3) is 0 Å². The summed E-state index contributed by atoms with van der Waals surface area (Å²) in [7, 11) is 0. The summed E-state index contributed by atoms with van der Waals surface area (Å²) in [6.45, 7) is 0.226. The lowest BCUT2D eigenvalue weighted by molar-refractivity contribution is 0.604. The van der Waals surface area contributed by atoms with E-state index in [-0.39, 0.29) is 12.6 Å². The van der Waals surface area contributed by atoms with E-state index in [9.17, 15) is 0 Å². The van der Waals surface area contributed by atoms with E-state index in [4.69, 9.17) is 10.8 Å². The number of nitrogens with zero attached hydrogens (tertiary/aromatic N) is 4. The zero-order valence-electron chi connectivity index (χ0n) is 6.06. The summed E-state index contributed by atoms with van der Waals surface area (Å²) < 4.78 is 0. The molecule has 1 rings (SSSR count). The van der Waals surface area contributed by atoms with Crippen molar-refractivity contribution in [1.82, 2.24) is 5.32 Å². The highest BCUT2D eigenvalue weighted by atomic mass is 15.1. The van der Waals surface area contributed by atoms with Crippen LogP contribution in [-0.2, 0) is 0 Å². The average Bonchev–Trinajstić information content (AvgIpc) is 2.81. The van der Waals surface area contributed by atoms with Gasteiger partial charge in [-0.1, -0.05) is 5.11 Å². The maximum absolute atomic E-state index is 8.53. The van der Waals surface area contributed by atoms with Gasteiger partial charge in [0.1, 0.15) is 6.04 Å². The molecule has 1 aliphatic rings. The first-order chi connectivity index (χ1) is 5.36. The summed E-state index contributed by atoms with van der Waals surface area (Å²) in [6.07, 6.45) is 2.27. The Balaban J connectivity index is 2.24. The highest BCUT2D eigenvalue weighted by molar-refractivity contribution is 4.96. The minimum atomic E-state index is -0.307. The van der Waals surface area contributed by atoms with Crippen molar-refractivity contribution in [3.63, 3.8) is 0 Å². The monoisotopic (exact) mass is 151 g/mol. The number of hydrogen-bond acceptors (Lipinski definition) is 3. The summed E-state index contributed by atoms with van der Waals surface area (Å²) in [6, 6.07) is 2.21. The summed E-state index contributed by atoms with van der Waals surface area (Å²) in [5.41, 5.74) is 7.98. The maximum Gasteiger partial charge on any atom is 0.101 e. The van der Waals surface area contributed by atoms with Crippen LogP contribution >= 0.6 is 0 Å². The molecule has 5 nitrogen and oxygen atoms in total. The van der Waals surface area contributed by atoms with Gasteiger partial charge in [0.05, 0.1) is 12.6 Å². The van der Waals surface area contributed by atoms with Crippen LogP contribution in [-0.4, -0.2) is 18.6 Å². The lowest BCUT2D eigenvalue weighted by atomic mass is 10.3. The second-order valence-electron chi connectivity index (χ2n) is 2.54. The molecule has 0 aromatic rings. The van der Waals surface area contributed by atoms with Crippen LogP contribution in [0.5, 0.6) is 0 Å². The second-order valence-corrected chi connectivity index (χ2v) is 2.54. The molecule has 0 amide bonds. The van der Waals surface area contributed by atoms with E-state index in [0.717, 1.165) is 12.8 Å². The number of rotatable bonds is 4. The van der Waals surface area contributed by atoms with Crippen molar-refractivity contribution in [2.45, 2.75) is 24.9 Å². The van der Waals surface area contributed by atoms with Crippen molar-refractivity contribution in [3.8, 4) is 6.07 Å². The Bertz CT molecular complexity index is 208. The normalized spacial score (nSPS) is 18.1. The van der Waals surface area contributed by atoms with Crippen LogP contribution in [0.15, 0.2) is 5.11 Å². The third-order valence-corrected chi connectivity index (χ3v) is 1.50. The Kier molecular flexibility index (Phi) is 2.73. The first-order valence-electron chi connectivity index (χ1n) is 3.53. The van der Waals surface area contributed by atoms with E-state index in [1.165, 1.54) is 0 Å². The summed E-state index contributed by atoms with van der Waals surface area (Å²) in [5, 5.41) is 14.9. The third-order valence-electron chi connectivity index (χ3n) is 1.50. The van der Waals surface area contributed by atoms with Crippen molar-refractivity contribution in [2.24, 2.45) is 5.11 Å².